The van der Waals surface area contributed by atoms with Crippen molar-refractivity contribution in [1.82, 2.24) is 0 Å². The zero-order valence-corrected chi connectivity index (χ0v) is 14.5. The number of thiophene rings is 1. The molecule has 0 unspecified atom stereocenters. The summed E-state index contributed by atoms with van der Waals surface area (Å²) in [6.45, 7) is 0. The summed E-state index contributed by atoms with van der Waals surface area (Å²) in [7, 11) is 0. The molecule has 2 heteroatoms. The van der Waals surface area contributed by atoms with Crippen LogP contribution in [0.5, 0.6) is 0 Å². The molecule has 0 nitrogen and oxygen atoms in total. The Bertz CT molecular complexity index is 953. The highest BCUT2D eigenvalue weighted by Crippen LogP contribution is 2.37. The lowest BCUT2D eigenvalue weighted by atomic mass is 10.00. The first-order valence-corrected chi connectivity index (χ1v) is 9.06. The summed E-state index contributed by atoms with van der Waals surface area (Å²) in [4.78, 5) is 1.30. The highest BCUT2D eigenvalue weighted by atomic mass is 35.5. The van der Waals surface area contributed by atoms with Crippen LogP contribution in [0.15, 0.2) is 90.3 Å². The molecule has 0 saturated carbocycles. The molecule has 4 rings (SSSR count). The van der Waals surface area contributed by atoms with Gasteiger partial charge in [-0.3, -0.25) is 0 Å². The van der Waals surface area contributed by atoms with Crippen molar-refractivity contribution < 1.29 is 0 Å². The first-order chi connectivity index (χ1) is 11.8. The van der Waals surface area contributed by atoms with Gasteiger partial charge in [0, 0.05) is 15.5 Å². The zero-order chi connectivity index (χ0) is 16.4. The van der Waals surface area contributed by atoms with Gasteiger partial charge in [0.25, 0.3) is 0 Å². The molecule has 3 aromatic carbocycles. The Morgan fingerprint density at radius 3 is 2.04 bits per heavy atom. The second kappa shape index (κ2) is 6.64. The van der Waals surface area contributed by atoms with Crippen LogP contribution in [-0.4, -0.2) is 0 Å². The van der Waals surface area contributed by atoms with E-state index in [1.54, 1.807) is 11.3 Å². The van der Waals surface area contributed by atoms with E-state index in [0.717, 1.165) is 10.6 Å². The lowest BCUT2D eigenvalue weighted by molar-refractivity contribution is 1.61. The van der Waals surface area contributed by atoms with Crippen molar-refractivity contribution in [2.75, 3.05) is 0 Å². The van der Waals surface area contributed by atoms with Crippen molar-refractivity contribution in [3.63, 3.8) is 0 Å². The normalized spacial score (nSPS) is 10.7. The van der Waals surface area contributed by atoms with Gasteiger partial charge >= 0.3 is 0 Å². The Morgan fingerprint density at radius 2 is 1.29 bits per heavy atom. The molecule has 0 radical (unpaired) electrons. The molecule has 0 aliphatic rings. The van der Waals surface area contributed by atoms with Crippen LogP contribution in [0, 0.1) is 0 Å². The first-order valence-electron chi connectivity index (χ1n) is 7.80. The molecule has 0 aliphatic carbocycles. The lowest BCUT2D eigenvalue weighted by Gasteiger charge is -2.07. The van der Waals surface area contributed by atoms with Crippen molar-refractivity contribution in [3.8, 4) is 32.7 Å². The van der Waals surface area contributed by atoms with Gasteiger partial charge in [0.2, 0.25) is 0 Å². The standard InChI is InChI=1S/C22H15ClS/c23-20-8-4-7-19(15-20)16-9-11-18(12-10-16)22-21(13-14-24-22)17-5-2-1-3-6-17/h1-15H. The van der Waals surface area contributed by atoms with Crippen LogP contribution < -0.4 is 0 Å². The highest BCUT2D eigenvalue weighted by Gasteiger charge is 2.09. The maximum atomic E-state index is 6.10. The molecule has 0 fully saturated rings. The Morgan fingerprint density at radius 1 is 0.583 bits per heavy atom. The predicted octanol–water partition coefficient (Wildman–Crippen LogP) is 7.40. The SMILES string of the molecule is Clc1cccc(-c2ccc(-c3sccc3-c3ccccc3)cc2)c1. The van der Waals surface area contributed by atoms with Crippen LogP contribution in [0.1, 0.15) is 0 Å². The fraction of sp³-hybridized carbons (Fsp3) is 0. The summed E-state index contributed by atoms with van der Waals surface area (Å²) in [6, 6.07) is 29.4. The van der Waals surface area contributed by atoms with E-state index in [1.165, 1.54) is 27.1 Å². The van der Waals surface area contributed by atoms with Gasteiger partial charge in [-0.25, -0.2) is 0 Å². The van der Waals surface area contributed by atoms with Crippen LogP contribution in [0.4, 0.5) is 0 Å². The average Bonchev–Trinajstić information content (AvgIpc) is 3.12. The van der Waals surface area contributed by atoms with Gasteiger partial charge in [0.1, 0.15) is 0 Å². The summed E-state index contributed by atoms with van der Waals surface area (Å²) in [6.07, 6.45) is 0. The van der Waals surface area contributed by atoms with Gasteiger partial charge in [-0.15, -0.1) is 11.3 Å². The van der Waals surface area contributed by atoms with Gasteiger partial charge in [0.05, 0.1) is 0 Å². The fourth-order valence-electron chi connectivity index (χ4n) is 2.86. The maximum absolute atomic E-state index is 6.10. The zero-order valence-electron chi connectivity index (χ0n) is 12.9. The number of benzene rings is 3. The van der Waals surface area contributed by atoms with E-state index in [1.807, 2.05) is 18.2 Å². The summed E-state index contributed by atoms with van der Waals surface area (Å²) in [5.74, 6) is 0. The summed E-state index contributed by atoms with van der Waals surface area (Å²) in [5.41, 5.74) is 6.11. The van der Waals surface area contributed by atoms with Gasteiger partial charge in [0.15, 0.2) is 0 Å². The second-order valence-electron chi connectivity index (χ2n) is 5.62. The van der Waals surface area contributed by atoms with Crippen molar-refractivity contribution in [1.29, 1.82) is 0 Å². The third-order valence-corrected chi connectivity index (χ3v) is 5.25. The summed E-state index contributed by atoms with van der Waals surface area (Å²) in [5, 5.41) is 2.92. The van der Waals surface area contributed by atoms with Crippen molar-refractivity contribution in [2.24, 2.45) is 0 Å². The first kappa shape index (κ1) is 15.2. The molecule has 0 saturated heterocycles. The van der Waals surface area contributed by atoms with Crippen LogP contribution >= 0.6 is 22.9 Å². The summed E-state index contributed by atoms with van der Waals surface area (Å²) < 4.78 is 0. The predicted molar refractivity (Wildman–Crippen MR) is 106 cm³/mol. The Kier molecular flexibility index (Phi) is 4.20. The minimum Gasteiger partial charge on any atom is -0.143 e. The molecule has 116 valence electrons. The summed E-state index contributed by atoms with van der Waals surface area (Å²) >= 11 is 7.88. The lowest BCUT2D eigenvalue weighted by Crippen LogP contribution is -1.81. The van der Waals surface area contributed by atoms with Gasteiger partial charge < -0.3 is 0 Å². The highest BCUT2D eigenvalue weighted by molar-refractivity contribution is 7.14. The maximum Gasteiger partial charge on any atom is 0.0421 e. The fourth-order valence-corrected chi connectivity index (χ4v) is 3.98. The topological polar surface area (TPSA) is 0 Å². The van der Waals surface area contributed by atoms with E-state index < -0.39 is 0 Å². The monoisotopic (exact) mass is 346 g/mol. The van der Waals surface area contributed by atoms with Gasteiger partial charge in [-0.1, -0.05) is 78.3 Å². The molecule has 1 heterocycles. The molecule has 24 heavy (non-hydrogen) atoms. The minimum atomic E-state index is 0.765. The molecular formula is C22H15ClS. The van der Waals surface area contributed by atoms with Crippen LogP contribution in [0.2, 0.25) is 5.02 Å². The van der Waals surface area contributed by atoms with Gasteiger partial charge in [-0.2, -0.15) is 0 Å². The van der Waals surface area contributed by atoms with Crippen LogP contribution in [0.25, 0.3) is 32.7 Å². The molecular weight excluding hydrogens is 332 g/mol. The quantitative estimate of drug-likeness (QED) is 0.362. The third kappa shape index (κ3) is 3.01. The Labute approximate surface area is 151 Å². The van der Waals surface area contributed by atoms with E-state index in [4.69, 9.17) is 11.6 Å². The Hall–Kier alpha value is -2.35. The molecule has 4 aromatic rings. The molecule has 0 aliphatic heterocycles. The van der Waals surface area contributed by atoms with Crippen LogP contribution in [0.3, 0.4) is 0 Å². The number of rotatable bonds is 3. The number of hydrogen-bond donors (Lipinski definition) is 0. The van der Waals surface area contributed by atoms with E-state index in [-0.39, 0.29) is 0 Å². The van der Waals surface area contributed by atoms with Gasteiger partial charge in [-0.05, 0) is 45.8 Å². The molecule has 0 spiro atoms. The van der Waals surface area contributed by atoms with Crippen molar-refractivity contribution in [2.45, 2.75) is 0 Å². The molecule has 0 N–H and O–H groups in total. The van der Waals surface area contributed by atoms with Crippen LogP contribution in [-0.2, 0) is 0 Å². The van der Waals surface area contributed by atoms with Crippen molar-refractivity contribution in [3.05, 3.63) is 95.3 Å². The molecule has 0 bridgehead atoms. The molecule has 1 aromatic heterocycles. The van der Waals surface area contributed by atoms with Crippen molar-refractivity contribution >= 4 is 22.9 Å². The smallest absolute Gasteiger partial charge is 0.0421 e. The van der Waals surface area contributed by atoms with E-state index in [9.17, 15) is 0 Å². The molecule has 0 atom stereocenters. The number of halogens is 1. The average molecular weight is 347 g/mol. The van der Waals surface area contributed by atoms with E-state index >= 15 is 0 Å². The second-order valence-corrected chi connectivity index (χ2v) is 6.97. The largest absolute Gasteiger partial charge is 0.143 e. The third-order valence-electron chi connectivity index (χ3n) is 4.06. The molecule has 0 amide bonds. The minimum absolute atomic E-state index is 0.765. The Balaban J connectivity index is 1.71. The van der Waals surface area contributed by atoms with E-state index in [0.29, 0.717) is 0 Å². The van der Waals surface area contributed by atoms with E-state index in [2.05, 4.69) is 72.1 Å². The number of hydrogen-bond acceptors (Lipinski definition) is 1.